The predicted molar refractivity (Wildman–Crippen MR) is 44.6 cm³/mol. The first kappa shape index (κ1) is 7.10. The lowest BCUT2D eigenvalue weighted by atomic mass is 9.88. The topological polar surface area (TPSA) is 18.5 Å². The van der Waals surface area contributed by atoms with Gasteiger partial charge in [0.15, 0.2) is 5.79 Å². The average Bonchev–Trinajstić information content (AvgIpc) is 2.59. The molecule has 2 bridgehead atoms. The minimum absolute atomic E-state index is 0.186. The Hall–Kier alpha value is -0.340. The maximum Gasteiger partial charge on any atom is 0.177 e. The highest BCUT2D eigenvalue weighted by Gasteiger charge is 2.54. The second kappa shape index (κ2) is 2.33. The van der Waals surface area contributed by atoms with Gasteiger partial charge in [0.2, 0.25) is 0 Å². The summed E-state index contributed by atoms with van der Waals surface area (Å²) < 4.78 is 11.6. The van der Waals surface area contributed by atoms with Crippen LogP contribution in [0.3, 0.4) is 0 Å². The highest BCUT2D eigenvalue weighted by atomic mass is 16.7. The van der Waals surface area contributed by atoms with Gasteiger partial charge in [-0.05, 0) is 19.3 Å². The van der Waals surface area contributed by atoms with E-state index in [0.717, 1.165) is 19.6 Å². The number of ether oxygens (including phenoxy) is 2. The monoisotopic (exact) mass is 166 g/mol. The van der Waals surface area contributed by atoms with Crippen molar-refractivity contribution in [1.82, 2.24) is 0 Å². The third-order valence-corrected chi connectivity index (χ3v) is 3.44. The molecule has 1 saturated heterocycles. The van der Waals surface area contributed by atoms with E-state index in [1.54, 1.807) is 0 Å². The zero-order chi connectivity index (χ0) is 8.02. The van der Waals surface area contributed by atoms with Crippen LogP contribution in [0.25, 0.3) is 0 Å². The largest absolute Gasteiger partial charge is 0.347 e. The fraction of sp³-hybridized carbons (Fsp3) is 0.800. The van der Waals surface area contributed by atoms with Crippen molar-refractivity contribution < 1.29 is 9.47 Å². The van der Waals surface area contributed by atoms with Gasteiger partial charge in [0.1, 0.15) is 0 Å². The van der Waals surface area contributed by atoms with Crippen LogP contribution in [0.5, 0.6) is 0 Å². The Labute approximate surface area is 72.5 Å². The summed E-state index contributed by atoms with van der Waals surface area (Å²) in [5.41, 5.74) is 0. The Kier molecular flexibility index (Phi) is 1.38. The predicted octanol–water partition coefficient (Wildman–Crippen LogP) is 1.72. The molecule has 66 valence electrons. The Morgan fingerprint density at radius 1 is 1.17 bits per heavy atom. The lowest BCUT2D eigenvalue weighted by molar-refractivity contribution is -0.202. The van der Waals surface area contributed by atoms with Crippen molar-refractivity contribution in [2.24, 2.45) is 11.8 Å². The summed E-state index contributed by atoms with van der Waals surface area (Å²) in [6.45, 7) is 1.58. The van der Waals surface area contributed by atoms with E-state index >= 15 is 0 Å². The summed E-state index contributed by atoms with van der Waals surface area (Å²) >= 11 is 0. The molecule has 2 aliphatic carbocycles. The van der Waals surface area contributed by atoms with Gasteiger partial charge >= 0.3 is 0 Å². The molecule has 0 N–H and O–H groups in total. The fourth-order valence-electron chi connectivity index (χ4n) is 2.90. The lowest BCUT2D eigenvalue weighted by Crippen LogP contribution is -2.41. The highest BCUT2D eigenvalue weighted by molar-refractivity contribution is 5.11. The van der Waals surface area contributed by atoms with Crippen LogP contribution in [0.1, 0.15) is 19.3 Å². The van der Waals surface area contributed by atoms with E-state index in [1.165, 1.54) is 12.8 Å². The Morgan fingerprint density at radius 2 is 2.00 bits per heavy atom. The van der Waals surface area contributed by atoms with E-state index in [-0.39, 0.29) is 5.79 Å². The smallest absolute Gasteiger partial charge is 0.177 e. The van der Waals surface area contributed by atoms with Gasteiger partial charge in [-0.2, -0.15) is 0 Å². The Morgan fingerprint density at radius 3 is 2.75 bits per heavy atom. The molecular weight excluding hydrogens is 152 g/mol. The van der Waals surface area contributed by atoms with Crippen LogP contribution in [-0.2, 0) is 9.47 Å². The summed E-state index contributed by atoms with van der Waals surface area (Å²) in [7, 11) is 0. The molecule has 2 fully saturated rings. The van der Waals surface area contributed by atoms with E-state index in [2.05, 4.69) is 12.2 Å². The summed E-state index contributed by atoms with van der Waals surface area (Å²) in [5, 5.41) is 0. The number of hydrogen-bond donors (Lipinski definition) is 0. The van der Waals surface area contributed by atoms with Gasteiger partial charge < -0.3 is 9.47 Å². The van der Waals surface area contributed by atoms with Crippen molar-refractivity contribution in [3.8, 4) is 0 Å². The van der Waals surface area contributed by atoms with E-state index in [9.17, 15) is 0 Å². The van der Waals surface area contributed by atoms with Crippen LogP contribution in [0.2, 0.25) is 0 Å². The van der Waals surface area contributed by atoms with Crippen molar-refractivity contribution in [1.29, 1.82) is 0 Å². The maximum atomic E-state index is 5.79. The normalized spacial score (nSPS) is 42.7. The molecule has 0 aromatic rings. The quantitative estimate of drug-likeness (QED) is 0.510. The fourth-order valence-corrected chi connectivity index (χ4v) is 2.90. The molecule has 3 rings (SSSR count). The van der Waals surface area contributed by atoms with E-state index in [1.807, 2.05) is 0 Å². The van der Waals surface area contributed by atoms with E-state index in [0.29, 0.717) is 11.8 Å². The number of rotatable bonds is 0. The van der Waals surface area contributed by atoms with Gasteiger partial charge in [-0.1, -0.05) is 12.2 Å². The van der Waals surface area contributed by atoms with Gasteiger partial charge in [-0.15, -0.1) is 0 Å². The molecule has 12 heavy (non-hydrogen) atoms. The van der Waals surface area contributed by atoms with Crippen molar-refractivity contribution in [2.75, 3.05) is 13.2 Å². The number of hydrogen-bond acceptors (Lipinski definition) is 2. The van der Waals surface area contributed by atoms with Gasteiger partial charge in [-0.25, -0.2) is 0 Å². The Bertz CT molecular complexity index is 216. The van der Waals surface area contributed by atoms with Gasteiger partial charge in [0, 0.05) is 11.8 Å². The van der Waals surface area contributed by atoms with Crippen LogP contribution < -0.4 is 0 Å². The number of allylic oxidation sites excluding steroid dienone is 1. The summed E-state index contributed by atoms with van der Waals surface area (Å²) in [4.78, 5) is 0. The van der Waals surface area contributed by atoms with E-state index in [4.69, 9.17) is 9.47 Å². The van der Waals surface area contributed by atoms with Gasteiger partial charge in [0.05, 0.1) is 13.2 Å². The third-order valence-electron chi connectivity index (χ3n) is 3.44. The first-order chi connectivity index (χ1) is 5.92. The van der Waals surface area contributed by atoms with Crippen LogP contribution in [0.4, 0.5) is 0 Å². The molecule has 2 heteroatoms. The lowest BCUT2D eigenvalue weighted by Gasteiger charge is -2.35. The molecule has 0 aromatic carbocycles. The standard InChI is InChI=1S/C10H14O2/c1-2-8-4-5-9(3-1)10(8)11-6-7-12-10/h1-2,8-9H,3-7H2/t8-,9-/m1/s1. The van der Waals surface area contributed by atoms with Crippen LogP contribution in [-0.4, -0.2) is 19.0 Å². The van der Waals surface area contributed by atoms with Gasteiger partial charge in [-0.3, -0.25) is 0 Å². The molecule has 1 aliphatic heterocycles. The molecule has 2 nitrogen and oxygen atoms in total. The van der Waals surface area contributed by atoms with Crippen molar-refractivity contribution in [3.63, 3.8) is 0 Å². The maximum absolute atomic E-state index is 5.79. The highest BCUT2D eigenvalue weighted by Crippen LogP contribution is 2.51. The first-order valence-electron chi connectivity index (χ1n) is 4.86. The zero-order valence-electron chi connectivity index (χ0n) is 7.16. The first-order valence-corrected chi connectivity index (χ1v) is 4.86. The molecule has 0 amide bonds. The van der Waals surface area contributed by atoms with Crippen molar-refractivity contribution >= 4 is 0 Å². The van der Waals surface area contributed by atoms with E-state index < -0.39 is 0 Å². The van der Waals surface area contributed by atoms with Crippen LogP contribution >= 0.6 is 0 Å². The minimum atomic E-state index is -0.186. The molecule has 0 unspecified atom stereocenters. The third kappa shape index (κ3) is 0.723. The molecule has 1 saturated carbocycles. The second-order valence-electron chi connectivity index (χ2n) is 3.96. The molecular formula is C10H14O2. The molecule has 3 aliphatic rings. The van der Waals surface area contributed by atoms with Gasteiger partial charge in [0.25, 0.3) is 0 Å². The molecule has 2 atom stereocenters. The molecule has 1 spiro atoms. The Balaban J connectivity index is 1.99. The summed E-state index contributed by atoms with van der Waals surface area (Å²) in [5.74, 6) is 0.989. The SMILES string of the molecule is C1=C[C@@H]2CC[C@@H](C1)C21OCCO1. The zero-order valence-corrected chi connectivity index (χ0v) is 7.16. The minimum Gasteiger partial charge on any atom is -0.347 e. The summed E-state index contributed by atoms with van der Waals surface area (Å²) in [6, 6.07) is 0. The second-order valence-corrected chi connectivity index (χ2v) is 3.96. The molecule has 0 aromatic heterocycles. The van der Waals surface area contributed by atoms with Crippen LogP contribution in [0, 0.1) is 11.8 Å². The summed E-state index contributed by atoms with van der Waals surface area (Å²) in [6.07, 6.45) is 8.25. The molecule has 1 heterocycles. The van der Waals surface area contributed by atoms with Crippen molar-refractivity contribution in [3.05, 3.63) is 12.2 Å². The van der Waals surface area contributed by atoms with Crippen LogP contribution in [0.15, 0.2) is 12.2 Å². The van der Waals surface area contributed by atoms with Crippen molar-refractivity contribution in [2.45, 2.75) is 25.0 Å². The average molecular weight is 166 g/mol. The molecule has 0 radical (unpaired) electrons.